The van der Waals surface area contributed by atoms with Crippen molar-refractivity contribution in [2.45, 2.75) is 13.0 Å². The molecule has 0 saturated heterocycles. The number of aliphatic hydroxyl groups excluding tert-OH is 1. The number of aromatic amines is 1. The van der Waals surface area contributed by atoms with E-state index in [-0.39, 0.29) is 12.2 Å². The van der Waals surface area contributed by atoms with Crippen molar-refractivity contribution < 1.29 is 5.11 Å². The van der Waals surface area contributed by atoms with Crippen LogP contribution < -0.4 is 10.9 Å². The van der Waals surface area contributed by atoms with Crippen molar-refractivity contribution in [2.24, 2.45) is 7.05 Å². The molecule has 3 N–H and O–H groups in total. The van der Waals surface area contributed by atoms with Gasteiger partial charge in [0.05, 0.1) is 15.7 Å². The van der Waals surface area contributed by atoms with Gasteiger partial charge in [-0.05, 0) is 23.8 Å². The molecule has 0 saturated carbocycles. The molecule has 0 amide bonds. The molecule has 0 radical (unpaired) electrons. The number of benzene rings is 1. The number of rotatable bonds is 5. The summed E-state index contributed by atoms with van der Waals surface area (Å²) in [5, 5.41) is 18.3. The van der Waals surface area contributed by atoms with Crippen molar-refractivity contribution >= 4 is 39.9 Å². The Morgan fingerprint density at radius 3 is 2.79 bits per heavy atom. The molecular formula is C16H16Cl2N4O2. The van der Waals surface area contributed by atoms with E-state index in [0.29, 0.717) is 40.0 Å². The van der Waals surface area contributed by atoms with E-state index in [4.69, 9.17) is 28.3 Å². The van der Waals surface area contributed by atoms with Crippen LogP contribution in [0.3, 0.4) is 0 Å². The van der Waals surface area contributed by atoms with Crippen LogP contribution >= 0.6 is 23.2 Å². The molecule has 0 fully saturated rings. The predicted molar refractivity (Wildman–Crippen MR) is 95.9 cm³/mol. The first-order valence-corrected chi connectivity index (χ1v) is 8.12. The zero-order valence-electron chi connectivity index (χ0n) is 12.9. The fourth-order valence-electron chi connectivity index (χ4n) is 2.61. The number of nitrogens with zero attached hydrogens (tertiary/aromatic N) is 2. The SMILES string of the molecule is Cn1nc(CCO)c2cc(NCc3ccc(Cl)c(Cl)c3)[nH]c(=O)c21. The topological polar surface area (TPSA) is 82.9 Å². The molecule has 1 aromatic carbocycles. The van der Waals surface area contributed by atoms with Crippen LogP contribution in [0.15, 0.2) is 29.1 Å². The number of aliphatic hydroxyl groups is 1. The third-order valence-corrected chi connectivity index (χ3v) is 4.47. The summed E-state index contributed by atoms with van der Waals surface area (Å²) >= 11 is 11.9. The third-order valence-electron chi connectivity index (χ3n) is 3.73. The number of halogens is 2. The van der Waals surface area contributed by atoms with Crippen LogP contribution in [0.4, 0.5) is 5.82 Å². The van der Waals surface area contributed by atoms with Crippen LogP contribution in [0.5, 0.6) is 0 Å². The zero-order valence-corrected chi connectivity index (χ0v) is 14.4. The number of fused-ring (bicyclic) bond motifs is 1. The number of hydrogen-bond donors (Lipinski definition) is 3. The largest absolute Gasteiger partial charge is 0.396 e. The minimum Gasteiger partial charge on any atom is -0.396 e. The lowest BCUT2D eigenvalue weighted by molar-refractivity contribution is 0.298. The highest BCUT2D eigenvalue weighted by atomic mass is 35.5. The molecule has 0 bridgehead atoms. The first-order chi connectivity index (χ1) is 11.5. The van der Waals surface area contributed by atoms with Crippen LogP contribution in [-0.4, -0.2) is 26.5 Å². The molecule has 0 aliphatic carbocycles. The van der Waals surface area contributed by atoms with Crippen molar-refractivity contribution in [1.82, 2.24) is 14.8 Å². The molecule has 3 aromatic rings. The summed E-state index contributed by atoms with van der Waals surface area (Å²) in [6.45, 7) is 0.457. The maximum absolute atomic E-state index is 12.3. The second-order valence-corrected chi connectivity index (χ2v) is 6.23. The lowest BCUT2D eigenvalue weighted by Crippen LogP contribution is -2.13. The van der Waals surface area contributed by atoms with Gasteiger partial charge in [0, 0.05) is 32.0 Å². The molecule has 0 aliphatic rings. The van der Waals surface area contributed by atoms with Crippen molar-refractivity contribution in [3.05, 3.63) is 55.9 Å². The van der Waals surface area contributed by atoms with Gasteiger partial charge in [-0.2, -0.15) is 5.10 Å². The maximum Gasteiger partial charge on any atom is 0.275 e. The standard InChI is InChI=1S/C16H16Cl2N4O2/c1-22-15-10(13(21-22)4-5-23)7-14(20-16(15)24)19-8-9-2-3-11(17)12(18)6-9/h2-3,6-7,23H,4-5,8H2,1H3,(H2,19,20,24). The minimum atomic E-state index is -0.233. The minimum absolute atomic E-state index is 0.0229. The number of aromatic nitrogens is 3. The van der Waals surface area contributed by atoms with E-state index in [9.17, 15) is 4.79 Å². The van der Waals surface area contributed by atoms with E-state index in [1.807, 2.05) is 12.1 Å². The predicted octanol–water partition coefficient (Wildman–Crippen LogP) is 2.72. The summed E-state index contributed by atoms with van der Waals surface area (Å²) in [5.41, 5.74) is 1.88. The van der Waals surface area contributed by atoms with Gasteiger partial charge >= 0.3 is 0 Å². The van der Waals surface area contributed by atoms with Gasteiger partial charge < -0.3 is 15.4 Å². The lowest BCUT2D eigenvalue weighted by atomic mass is 10.2. The molecule has 0 unspecified atom stereocenters. The van der Waals surface area contributed by atoms with Gasteiger partial charge in [-0.25, -0.2) is 0 Å². The number of anilines is 1. The highest BCUT2D eigenvalue weighted by molar-refractivity contribution is 6.42. The number of hydrogen-bond acceptors (Lipinski definition) is 4. The third kappa shape index (κ3) is 3.26. The van der Waals surface area contributed by atoms with Crippen molar-refractivity contribution in [3.63, 3.8) is 0 Å². The summed E-state index contributed by atoms with van der Waals surface area (Å²) in [7, 11) is 1.71. The Balaban J connectivity index is 1.90. The van der Waals surface area contributed by atoms with E-state index in [1.54, 1.807) is 19.2 Å². The Morgan fingerprint density at radius 2 is 2.08 bits per heavy atom. The molecule has 126 valence electrons. The number of nitrogens with one attached hydrogen (secondary N) is 2. The lowest BCUT2D eigenvalue weighted by Gasteiger charge is -2.08. The Bertz CT molecular complexity index is 949. The van der Waals surface area contributed by atoms with Gasteiger partial charge in [-0.3, -0.25) is 9.48 Å². The molecule has 0 spiro atoms. The van der Waals surface area contributed by atoms with E-state index in [0.717, 1.165) is 10.9 Å². The van der Waals surface area contributed by atoms with Gasteiger partial charge in [0.1, 0.15) is 11.3 Å². The monoisotopic (exact) mass is 366 g/mol. The summed E-state index contributed by atoms with van der Waals surface area (Å²) in [4.78, 5) is 15.1. The molecule has 2 heterocycles. The molecule has 8 heteroatoms. The second-order valence-electron chi connectivity index (χ2n) is 5.42. The highest BCUT2D eigenvalue weighted by Crippen LogP contribution is 2.23. The summed E-state index contributed by atoms with van der Waals surface area (Å²) in [6, 6.07) is 7.19. The normalized spacial score (nSPS) is 11.2. The summed E-state index contributed by atoms with van der Waals surface area (Å²) in [5.74, 6) is 0.575. The van der Waals surface area contributed by atoms with E-state index in [2.05, 4.69) is 15.4 Å². The van der Waals surface area contributed by atoms with Gasteiger partial charge in [0.15, 0.2) is 0 Å². The van der Waals surface area contributed by atoms with Crippen LogP contribution in [-0.2, 0) is 20.0 Å². The van der Waals surface area contributed by atoms with Crippen LogP contribution in [0.25, 0.3) is 10.9 Å². The van der Waals surface area contributed by atoms with Crippen molar-refractivity contribution in [2.75, 3.05) is 11.9 Å². The van der Waals surface area contributed by atoms with E-state index < -0.39 is 0 Å². The van der Waals surface area contributed by atoms with Gasteiger partial charge in [-0.15, -0.1) is 0 Å². The van der Waals surface area contributed by atoms with Crippen LogP contribution in [0, 0.1) is 0 Å². The quantitative estimate of drug-likeness (QED) is 0.648. The summed E-state index contributed by atoms with van der Waals surface area (Å²) in [6.07, 6.45) is 0.396. The van der Waals surface area contributed by atoms with Crippen LogP contribution in [0.1, 0.15) is 11.3 Å². The van der Waals surface area contributed by atoms with Gasteiger partial charge in [0.25, 0.3) is 5.56 Å². The fraction of sp³-hybridized carbons (Fsp3) is 0.250. The zero-order chi connectivity index (χ0) is 17.3. The molecule has 2 aromatic heterocycles. The summed E-state index contributed by atoms with van der Waals surface area (Å²) < 4.78 is 1.53. The number of H-pyrrole nitrogens is 1. The Kier molecular flexibility index (Phi) is 4.80. The fourth-order valence-corrected chi connectivity index (χ4v) is 2.93. The van der Waals surface area contributed by atoms with Gasteiger partial charge in [-0.1, -0.05) is 29.3 Å². The molecule has 3 rings (SSSR count). The molecular weight excluding hydrogens is 351 g/mol. The van der Waals surface area contributed by atoms with Crippen LogP contribution in [0.2, 0.25) is 10.0 Å². The molecule has 24 heavy (non-hydrogen) atoms. The molecule has 0 aliphatic heterocycles. The second kappa shape index (κ2) is 6.84. The first kappa shape index (κ1) is 16.8. The molecule has 0 atom stereocenters. The van der Waals surface area contributed by atoms with Crippen molar-refractivity contribution in [1.29, 1.82) is 0 Å². The van der Waals surface area contributed by atoms with Crippen molar-refractivity contribution in [3.8, 4) is 0 Å². The molecule has 6 nitrogen and oxygen atoms in total. The Labute approximate surface area is 148 Å². The average molecular weight is 367 g/mol. The average Bonchev–Trinajstić information content (AvgIpc) is 2.85. The number of pyridine rings is 1. The highest BCUT2D eigenvalue weighted by Gasteiger charge is 2.13. The van der Waals surface area contributed by atoms with Gasteiger partial charge in [0.2, 0.25) is 0 Å². The Morgan fingerprint density at radius 1 is 1.29 bits per heavy atom. The van der Waals surface area contributed by atoms with E-state index >= 15 is 0 Å². The van der Waals surface area contributed by atoms with E-state index in [1.165, 1.54) is 4.68 Å². The smallest absolute Gasteiger partial charge is 0.275 e. The number of aryl methyl sites for hydroxylation is 1. The first-order valence-electron chi connectivity index (χ1n) is 7.37. The Hall–Kier alpha value is -2.02. The maximum atomic E-state index is 12.3.